The van der Waals surface area contributed by atoms with Gasteiger partial charge in [0.1, 0.15) is 0 Å². The van der Waals surface area contributed by atoms with Crippen molar-refractivity contribution in [1.29, 1.82) is 0 Å². The van der Waals surface area contributed by atoms with E-state index in [1.54, 1.807) is 0 Å². The molecule has 3 nitrogen and oxygen atoms in total. The van der Waals surface area contributed by atoms with Crippen LogP contribution in [0.2, 0.25) is 0 Å². The van der Waals surface area contributed by atoms with Gasteiger partial charge in [-0.3, -0.25) is 0 Å². The van der Waals surface area contributed by atoms with Crippen molar-refractivity contribution in [1.82, 2.24) is 0 Å². The second-order valence-electron chi connectivity index (χ2n) is 2.64. The maximum Gasteiger partial charge on any atom is 0.151 e. The third kappa shape index (κ3) is 5.47. The van der Waals surface area contributed by atoms with E-state index in [0.717, 1.165) is 0 Å². The van der Waals surface area contributed by atoms with Crippen LogP contribution in [0, 0.1) is 5.92 Å². The first-order valence-electron chi connectivity index (χ1n) is 3.48. The van der Waals surface area contributed by atoms with Gasteiger partial charge in [0.25, 0.3) is 0 Å². The van der Waals surface area contributed by atoms with Gasteiger partial charge in [0, 0.05) is 5.88 Å². The van der Waals surface area contributed by atoms with Gasteiger partial charge in [-0.15, -0.1) is 11.6 Å². The lowest BCUT2D eigenvalue weighted by Crippen LogP contribution is -2.23. The second-order valence-corrected chi connectivity index (χ2v) is 5.25. The fourth-order valence-corrected chi connectivity index (χ4v) is 2.81. The van der Waals surface area contributed by atoms with E-state index in [1.807, 2.05) is 6.92 Å². The Morgan fingerprint density at radius 1 is 1.55 bits per heavy atom. The summed E-state index contributed by atoms with van der Waals surface area (Å²) in [6.45, 7) is 2.22. The minimum atomic E-state index is -2.95. The zero-order valence-corrected chi connectivity index (χ0v) is 8.16. The third-order valence-electron chi connectivity index (χ3n) is 1.33. The van der Waals surface area contributed by atoms with Gasteiger partial charge in [-0.1, -0.05) is 6.92 Å². The predicted molar refractivity (Wildman–Crippen MR) is 47.6 cm³/mol. The van der Waals surface area contributed by atoms with Gasteiger partial charge >= 0.3 is 0 Å². The van der Waals surface area contributed by atoms with Crippen molar-refractivity contribution in [3.8, 4) is 0 Å². The summed E-state index contributed by atoms with van der Waals surface area (Å²) in [4.78, 5) is 0. The largest absolute Gasteiger partial charge is 0.330 e. The molecule has 0 saturated heterocycles. The molecule has 68 valence electrons. The monoisotopic (exact) mass is 199 g/mol. The van der Waals surface area contributed by atoms with Crippen LogP contribution in [-0.4, -0.2) is 32.3 Å². The fourth-order valence-electron chi connectivity index (χ4n) is 0.702. The quantitative estimate of drug-likeness (QED) is 0.646. The molecule has 5 heteroatoms. The maximum atomic E-state index is 11.1. The molecule has 2 N–H and O–H groups in total. The maximum absolute atomic E-state index is 11.1. The summed E-state index contributed by atoms with van der Waals surface area (Å²) in [6, 6.07) is 0. The number of hydrogen-bond donors (Lipinski definition) is 1. The van der Waals surface area contributed by atoms with Crippen molar-refractivity contribution in [2.75, 3.05) is 23.9 Å². The zero-order valence-electron chi connectivity index (χ0n) is 6.59. The van der Waals surface area contributed by atoms with Crippen molar-refractivity contribution in [2.45, 2.75) is 6.92 Å². The lowest BCUT2D eigenvalue weighted by molar-refractivity contribution is 0.575. The topological polar surface area (TPSA) is 60.2 Å². The molecule has 0 aromatic heterocycles. The van der Waals surface area contributed by atoms with Crippen molar-refractivity contribution in [3.63, 3.8) is 0 Å². The Kier molecular flexibility index (Phi) is 5.04. The molecule has 0 heterocycles. The summed E-state index contributed by atoms with van der Waals surface area (Å²) in [5.74, 6) is 0.401. The van der Waals surface area contributed by atoms with Gasteiger partial charge in [0.15, 0.2) is 9.84 Å². The van der Waals surface area contributed by atoms with Crippen LogP contribution < -0.4 is 5.73 Å². The number of alkyl halides is 1. The molecule has 0 aromatic rings. The standard InChI is InChI=1S/C6H14ClNO2S/c1-6(4-8)5-11(9,10)3-2-7/h6H,2-5,8H2,1H3. The lowest BCUT2D eigenvalue weighted by atomic mass is 10.2. The molecular formula is C6H14ClNO2S. The summed E-state index contributed by atoms with van der Waals surface area (Å²) >= 11 is 5.30. The molecule has 1 unspecified atom stereocenters. The molecule has 0 aliphatic carbocycles. The first-order valence-corrected chi connectivity index (χ1v) is 5.84. The van der Waals surface area contributed by atoms with E-state index in [0.29, 0.717) is 6.54 Å². The molecular weight excluding hydrogens is 186 g/mol. The molecule has 0 saturated carbocycles. The van der Waals surface area contributed by atoms with Crippen LogP contribution in [0.5, 0.6) is 0 Å². The number of hydrogen-bond acceptors (Lipinski definition) is 3. The van der Waals surface area contributed by atoms with Crippen LogP contribution in [0.4, 0.5) is 0 Å². The molecule has 11 heavy (non-hydrogen) atoms. The number of nitrogens with two attached hydrogens (primary N) is 1. The Bertz CT molecular complexity index is 191. The highest BCUT2D eigenvalue weighted by atomic mass is 35.5. The predicted octanol–water partition coefficient (Wildman–Crippen LogP) is 0.235. The van der Waals surface area contributed by atoms with E-state index in [2.05, 4.69) is 0 Å². The van der Waals surface area contributed by atoms with Crippen LogP contribution in [0.3, 0.4) is 0 Å². The van der Waals surface area contributed by atoms with Crippen molar-refractivity contribution in [2.24, 2.45) is 11.7 Å². The first-order chi connectivity index (χ1) is 5.02. The zero-order chi connectivity index (χ0) is 8.91. The van der Waals surface area contributed by atoms with E-state index >= 15 is 0 Å². The van der Waals surface area contributed by atoms with Crippen LogP contribution in [0.25, 0.3) is 0 Å². The fraction of sp³-hybridized carbons (Fsp3) is 1.00. The van der Waals surface area contributed by atoms with E-state index in [-0.39, 0.29) is 23.3 Å². The van der Waals surface area contributed by atoms with Gasteiger partial charge in [-0.05, 0) is 12.5 Å². The van der Waals surface area contributed by atoms with E-state index in [9.17, 15) is 8.42 Å². The lowest BCUT2D eigenvalue weighted by Gasteiger charge is -2.07. The molecule has 1 atom stereocenters. The van der Waals surface area contributed by atoms with Gasteiger partial charge in [-0.2, -0.15) is 0 Å². The molecule has 0 amide bonds. The molecule has 0 aliphatic heterocycles. The Hall–Kier alpha value is 0.200. The minimum absolute atomic E-state index is 0.0308. The van der Waals surface area contributed by atoms with Crippen LogP contribution in [0.1, 0.15) is 6.92 Å². The summed E-state index contributed by atoms with van der Waals surface area (Å²) in [5.41, 5.74) is 5.28. The van der Waals surface area contributed by atoms with E-state index in [1.165, 1.54) is 0 Å². The Morgan fingerprint density at radius 3 is 2.45 bits per heavy atom. The number of sulfone groups is 1. The molecule has 0 fully saturated rings. The van der Waals surface area contributed by atoms with E-state index < -0.39 is 9.84 Å². The normalized spacial score (nSPS) is 14.8. The average molecular weight is 200 g/mol. The summed E-state index contributed by atoms with van der Waals surface area (Å²) in [7, 11) is -2.95. The van der Waals surface area contributed by atoms with Gasteiger partial charge in [0.05, 0.1) is 11.5 Å². The molecule has 0 aliphatic rings. The van der Waals surface area contributed by atoms with Crippen molar-refractivity contribution in [3.05, 3.63) is 0 Å². The van der Waals surface area contributed by atoms with Crippen molar-refractivity contribution < 1.29 is 8.42 Å². The highest BCUT2D eigenvalue weighted by molar-refractivity contribution is 7.91. The molecule has 0 radical (unpaired) electrons. The Balaban J connectivity index is 3.92. The third-order valence-corrected chi connectivity index (χ3v) is 3.65. The summed E-state index contributed by atoms with van der Waals surface area (Å²) < 4.78 is 22.1. The van der Waals surface area contributed by atoms with Crippen LogP contribution >= 0.6 is 11.6 Å². The summed E-state index contributed by atoms with van der Waals surface area (Å²) in [6.07, 6.45) is 0. The average Bonchev–Trinajstić information content (AvgIpc) is 1.86. The van der Waals surface area contributed by atoms with Gasteiger partial charge < -0.3 is 5.73 Å². The van der Waals surface area contributed by atoms with Crippen LogP contribution in [0.15, 0.2) is 0 Å². The van der Waals surface area contributed by atoms with E-state index in [4.69, 9.17) is 17.3 Å². The highest BCUT2D eigenvalue weighted by Crippen LogP contribution is 2.00. The molecule has 0 spiro atoms. The molecule has 0 bridgehead atoms. The molecule has 0 rings (SSSR count). The SMILES string of the molecule is CC(CN)CS(=O)(=O)CCCl. The van der Waals surface area contributed by atoms with Gasteiger partial charge in [-0.25, -0.2) is 8.42 Å². The number of rotatable bonds is 5. The minimum Gasteiger partial charge on any atom is -0.330 e. The Morgan fingerprint density at radius 2 is 2.09 bits per heavy atom. The number of halogens is 1. The van der Waals surface area contributed by atoms with Gasteiger partial charge in [0.2, 0.25) is 0 Å². The highest BCUT2D eigenvalue weighted by Gasteiger charge is 2.13. The second kappa shape index (κ2) is 4.95. The summed E-state index contributed by atoms with van der Waals surface area (Å²) in [5, 5.41) is 0. The molecule has 0 aromatic carbocycles. The van der Waals surface area contributed by atoms with Crippen LogP contribution in [-0.2, 0) is 9.84 Å². The smallest absolute Gasteiger partial charge is 0.151 e. The Labute approximate surface area is 72.8 Å². The first kappa shape index (κ1) is 11.2. The van der Waals surface area contributed by atoms with Crippen molar-refractivity contribution >= 4 is 21.4 Å².